The predicted octanol–water partition coefficient (Wildman–Crippen LogP) is 2.21. The van der Waals surface area contributed by atoms with Crippen LogP contribution in [0.1, 0.15) is 45.3 Å². The summed E-state index contributed by atoms with van der Waals surface area (Å²) in [6.45, 7) is 8.38. The van der Waals surface area contributed by atoms with Gasteiger partial charge in [-0.2, -0.15) is 0 Å². The van der Waals surface area contributed by atoms with E-state index in [0.29, 0.717) is 23.9 Å². The summed E-state index contributed by atoms with van der Waals surface area (Å²) in [6, 6.07) is 2.05. The quantitative estimate of drug-likeness (QED) is 0.800. The molecule has 2 rings (SSSR count). The summed E-state index contributed by atoms with van der Waals surface area (Å²) in [5, 5.41) is 3.27. The highest BCUT2D eigenvalue weighted by Crippen LogP contribution is 2.31. The standard InChI is InChI=1S/C15H27N3O2S/c1-5-16-9-14-8-15(11-18(14)12(2)3)21(19,20)17(4)10-13-6-7-13/h8,11-13,16H,5-7,9-10H2,1-4H3. The SMILES string of the molecule is CCNCc1cc(S(=O)(=O)N(C)CC2CC2)cn1C(C)C. The highest BCUT2D eigenvalue weighted by molar-refractivity contribution is 7.89. The minimum atomic E-state index is -3.37. The number of nitrogens with one attached hydrogen (secondary N) is 1. The average molecular weight is 313 g/mol. The average Bonchev–Trinajstić information content (AvgIpc) is 3.11. The Morgan fingerprint density at radius 1 is 1.43 bits per heavy atom. The molecule has 0 aliphatic heterocycles. The lowest BCUT2D eigenvalue weighted by Crippen LogP contribution is -2.28. The van der Waals surface area contributed by atoms with Gasteiger partial charge in [-0.05, 0) is 45.2 Å². The molecule has 1 heterocycles. The Morgan fingerprint density at radius 2 is 2.10 bits per heavy atom. The lowest BCUT2D eigenvalue weighted by molar-refractivity contribution is 0.452. The Bertz CT molecular complexity index is 574. The topological polar surface area (TPSA) is 54.3 Å². The van der Waals surface area contributed by atoms with Gasteiger partial charge in [0.15, 0.2) is 0 Å². The fourth-order valence-electron chi connectivity index (χ4n) is 2.46. The zero-order valence-electron chi connectivity index (χ0n) is 13.5. The molecule has 6 heteroatoms. The van der Waals surface area contributed by atoms with Crippen LogP contribution in [-0.4, -0.2) is 37.4 Å². The monoisotopic (exact) mass is 313 g/mol. The molecule has 1 aliphatic carbocycles. The van der Waals surface area contributed by atoms with Crippen molar-refractivity contribution in [3.8, 4) is 0 Å². The zero-order valence-corrected chi connectivity index (χ0v) is 14.3. The van der Waals surface area contributed by atoms with Crippen LogP contribution in [0.3, 0.4) is 0 Å². The van der Waals surface area contributed by atoms with E-state index in [1.165, 1.54) is 4.31 Å². The normalized spacial score (nSPS) is 16.1. The molecule has 0 aromatic carbocycles. The van der Waals surface area contributed by atoms with E-state index in [-0.39, 0.29) is 6.04 Å². The number of nitrogens with zero attached hydrogens (tertiary/aromatic N) is 2. The van der Waals surface area contributed by atoms with Gasteiger partial charge >= 0.3 is 0 Å². The molecule has 1 N–H and O–H groups in total. The Morgan fingerprint density at radius 3 is 2.62 bits per heavy atom. The molecule has 0 saturated heterocycles. The number of hydrogen-bond donors (Lipinski definition) is 1. The van der Waals surface area contributed by atoms with Crippen molar-refractivity contribution in [1.82, 2.24) is 14.2 Å². The molecule has 0 unspecified atom stereocenters. The third kappa shape index (κ3) is 3.87. The van der Waals surface area contributed by atoms with Gasteiger partial charge in [0.05, 0.1) is 0 Å². The molecule has 1 aromatic heterocycles. The van der Waals surface area contributed by atoms with E-state index in [0.717, 1.165) is 25.1 Å². The predicted molar refractivity (Wildman–Crippen MR) is 84.7 cm³/mol. The molecule has 21 heavy (non-hydrogen) atoms. The minimum absolute atomic E-state index is 0.247. The van der Waals surface area contributed by atoms with E-state index in [1.54, 1.807) is 19.3 Å². The van der Waals surface area contributed by atoms with Crippen LogP contribution in [-0.2, 0) is 16.6 Å². The first-order chi connectivity index (χ1) is 9.86. The Hall–Kier alpha value is -0.850. The molecule has 5 nitrogen and oxygen atoms in total. The lowest BCUT2D eigenvalue weighted by atomic mass is 10.3. The highest BCUT2D eigenvalue weighted by Gasteiger charge is 2.30. The van der Waals surface area contributed by atoms with Crippen LogP contribution >= 0.6 is 0 Å². The summed E-state index contributed by atoms with van der Waals surface area (Å²) < 4.78 is 28.8. The molecule has 0 bridgehead atoms. The number of hydrogen-bond acceptors (Lipinski definition) is 3. The van der Waals surface area contributed by atoms with Crippen LogP contribution in [0.15, 0.2) is 17.2 Å². The van der Waals surface area contributed by atoms with E-state index in [2.05, 4.69) is 19.2 Å². The van der Waals surface area contributed by atoms with Gasteiger partial charge in [0.1, 0.15) is 4.90 Å². The van der Waals surface area contributed by atoms with Crippen molar-refractivity contribution >= 4 is 10.0 Å². The molecule has 1 aromatic rings. The van der Waals surface area contributed by atoms with Crippen molar-refractivity contribution in [1.29, 1.82) is 0 Å². The largest absolute Gasteiger partial charge is 0.346 e. The second-order valence-electron chi connectivity index (χ2n) is 6.18. The number of aromatic nitrogens is 1. The molecule has 0 radical (unpaired) electrons. The van der Waals surface area contributed by atoms with Crippen LogP contribution in [0, 0.1) is 5.92 Å². The minimum Gasteiger partial charge on any atom is -0.346 e. The maximum Gasteiger partial charge on any atom is 0.244 e. The van der Waals surface area contributed by atoms with Crippen molar-refractivity contribution in [2.45, 2.75) is 51.1 Å². The zero-order chi connectivity index (χ0) is 15.6. The van der Waals surface area contributed by atoms with E-state index in [4.69, 9.17) is 0 Å². The van der Waals surface area contributed by atoms with E-state index in [9.17, 15) is 8.42 Å². The molecule has 1 saturated carbocycles. The second kappa shape index (κ2) is 6.50. The second-order valence-corrected chi connectivity index (χ2v) is 8.22. The van der Waals surface area contributed by atoms with Gasteiger partial charge < -0.3 is 9.88 Å². The van der Waals surface area contributed by atoms with Gasteiger partial charge in [-0.3, -0.25) is 0 Å². The third-order valence-corrected chi connectivity index (χ3v) is 5.73. The summed E-state index contributed by atoms with van der Waals surface area (Å²) in [5.41, 5.74) is 1.02. The van der Waals surface area contributed by atoms with E-state index < -0.39 is 10.0 Å². The first kappa shape index (κ1) is 16.5. The molecule has 0 spiro atoms. The molecular formula is C15H27N3O2S. The van der Waals surface area contributed by atoms with E-state index >= 15 is 0 Å². The Labute approximate surface area is 128 Å². The van der Waals surface area contributed by atoms with Crippen LogP contribution in [0.25, 0.3) is 0 Å². The van der Waals surface area contributed by atoms with Gasteiger partial charge in [-0.15, -0.1) is 0 Å². The van der Waals surface area contributed by atoms with Gasteiger partial charge in [0.2, 0.25) is 10.0 Å². The van der Waals surface area contributed by atoms with Gasteiger partial charge in [0, 0.05) is 38.1 Å². The summed E-state index contributed by atoms with van der Waals surface area (Å²) in [7, 11) is -1.68. The summed E-state index contributed by atoms with van der Waals surface area (Å²) in [5.74, 6) is 0.554. The molecule has 1 fully saturated rings. The Balaban J connectivity index is 2.25. The van der Waals surface area contributed by atoms with Gasteiger partial charge in [-0.1, -0.05) is 6.92 Å². The molecular weight excluding hydrogens is 286 g/mol. The highest BCUT2D eigenvalue weighted by atomic mass is 32.2. The Kier molecular flexibility index (Phi) is 5.11. The third-order valence-electron chi connectivity index (χ3n) is 3.94. The summed E-state index contributed by atoms with van der Waals surface area (Å²) in [4.78, 5) is 0.409. The fraction of sp³-hybridized carbons (Fsp3) is 0.733. The molecule has 1 aliphatic rings. The van der Waals surface area contributed by atoms with E-state index in [1.807, 2.05) is 11.5 Å². The lowest BCUT2D eigenvalue weighted by Gasteiger charge is -2.15. The van der Waals surface area contributed by atoms with Gasteiger partial charge in [-0.25, -0.2) is 12.7 Å². The maximum atomic E-state index is 12.6. The van der Waals surface area contributed by atoms with Crippen molar-refractivity contribution in [3.05, 3.63) is 18.0 Å². The van der Waals surface area contributed by atoms with Gasteiger partial charge in [0.25, 0.3) is 0 Å². The number of rotatable bonds is 8. The summed E-state index contributed by atoms with van der Waals surface area (Å²) >= 11 is 0. The smallest absolute Gasteiger partial charge is 0.244 e. The number of sulfonamides is 1. The van der Waals surface area contributed by atoms with Crippen LogP contribution in [0.5, 0.6) is 0 Å². The molecule has 0 amide bonds. The first-order valence-electron chi connectivity index (χ1n) is 7.74. The molecule has 0 atom stereocenters. The summed E-state index contributed by atoms with van der Waals surface area (Å²) in [6.07, 6.45) is 4.08. The van der Waals surface area contributed by atoms with Crippen molar-refractivity contribution in [2.24, 2.45) is 5.92 Å². The molecule has 120 valence electrons. The van der Waals surface area contributed by atoms with Crippen LogP contribution in [0.2, 0.25) is 0 Å². The maximum absolute atomic E-state index is 12.6. The van der Waals surface area contributed by atoms with Crippen molar-refractivity contribution in [3.63, 3.8) is 0 Å². The van der Waals surface area contributed by atoms with Crippen LogP contribution < -0.4 is 5.32 Å². The van der Waals surface area contributed by atoms with Crippen molar-refractivity contribution in [2.75, 3.05) is 20.1 Å². The van der Waals surface area contributed by atoms with Crippen LogP contribution in [0.4, 0.5) is 0 Å². The fourth-order valence-corrected chi connectivity index (χ4v) is 3.75. The first-order valence-corrected chi connectivity index (χ1v) is 9.18. The van der Waals surface area contributed by atoms with Crippen molar-refractivity contribution < 1.29 is 8.42 Å².